The molecule has 4 aliphatic carbocycles. The van der Waals surface area contributed by atoms with Gasteiger partial charge in [0.1, 0.15) is 12.7 Å². The predicted octanol–water partition coefficient (Wildman–Crippen LogP) is 3.49. The lowest BCUT2D eigenvalue weighted by Crippen LogP contribution is -2.62. The average Bonchev–Trinajstić information content (AvgIpc) is 3.37. The van der Waals surface area contributed by atoms with Crippen molar-refractivity contribution in [3.8, 4) is 0 Å². The first-order valence-electron chi connectivity index (χ1n) is 14.3. The van der Waals surface area contributed by atoms with Crippen LogP contribution in [0.15, 0.2) is 11.6 Å². The number of esters is 1. The third-order valence-corrected chi connectivity index (χ3v) is 12.0. The summed E-state index contributed by atoms with van der Waals surface area (Å²) in [6.07, 6.45) is 8.64. The van der Waals surface area contributed by atoms with E-state index in [9.17, 15) is 20.1 Å². The van der Waals surface area contributed by atoms with E-state index in [0.29, 0.717) is 30.8 Å². The van der Waals surface area contributed by atoms with Crippen molar-refractivity contribution >= 4 is 5.97 Å². The van der Waals surface area contributed by atoms with Crippen LogP contribution in [-0.2, 0) is 19.0 Å². The van der Waals surface area contributed by atoms with Crippen LogP contribution >= 0.6 is 0 Å². The first-order chi connectivity index (χ1) is 17.0. The Labute approximate surface area is 214 Å². The smallest absolute Gasteiger partial charge is 0.331 e. The standard InChI is InChI=1S/C29H44O7/c1-16-26(32)23(30)14-25(35-16)36-19-6-9-27(2)18(13-19)4-5-22-21(27)7-10-28(3)20(8-11-29(22,28)33)17-12-24(31)34-15-17/h12,16,18-23,25-26,30,32-33H,4-11,13-15H2,1-3H3/t16-,18+,19+,20-,21+,22-,23+,25+,26-,27+,28-,29+/m1/s1. The molecule has 3 N–H and O–H groups in total. The van der Waals surface area contributed by atoms with Crippen LogP contribution in [0.1, 0.15) is 85.0 Å². The van der Waals surface area contributed by atoms with E-state index in [1.165, 1.54) is 0 Å². The molecule has 7 heteroatoms. The molecule has 0 unspecified atom stereocenters. The summed E-state index contributed by atoms with van der Waals surface area (Å²) in [6.45, 7) is 6.92. The Bertz CT molecular complexity index is 907. The number of carbonyl (C=O) groups excluding carboxylic acids is 1. The molecule has 2 heterocycles. The summed E-state index contributed by atoms with van der Waals surface area (Å²) in [4.78, 5) is 11.8. The first-order valence-corrected chi connectivity index (χ1v) is 14.3. The molecular formula is C29H44O7. The molecule has 36 heavy (non-hydrogen) atoms. The first kappa shape index (κ1) is 25.3. The molecule has 0 spiro atoms. The fraction of sp³-hybridized carbons (Fsp3) is 0.897. The molecule has 0 aromatic heterocycles. The zero-order valence-corrected chi connectivity index (χ0v) is 22.0. The Balaban J connectivity index is 1.15. The third kappa shape index (κ3) is 3.67. The Morgan fingerprint density at radius 2 is 1.81 bits per heavy atom. The number of rotatable bonds is 3. The van der Waals surface area contributed by atoms with Crippen LogP contribution in [0.4, 0.5) is 0 Å². The van der Waals surface area contributed by atoms with Crippen molar-refractivity contribution in [2.75, 3.05) is 6.61 Å². The van der Waals surface area contributed by atoms with Gasteiger partial charge in [-0.2, -0.15) is 0 Å². The van der Waals surface area contributed by atoms with Gasteiger partial charge in [-0.1, -0.05) is 13.8 Å². The van der Waals surface area contributed by atoms with Crippen molar-refractivity contribution in [1.29, 1.82) is 0 Å². The molecule has 202 valence electrons. The number of aliphatic hydroxyl groups is 3. The van der Waals surface area contributed by atoms with E-state index < -0.39 is 30.2 Å². The number of cyclic esters (lactones) is 1. The van der Waals surface area contributed by atoms with Gasteiger partial charge in [-0.15, -0.1) is 0 Å². The summed E-state index contributed by atoms with van der Waals surface area (Å²) in [5.41, 5.74) is 0.404. The highest BCUT2D eigenvalue weighted by Gasteiger charge is 2.67. The number of hydrogen-bond donors (Lipinski definition) is 3. The molecule has 12 atom stereocenters. The Hall–Kier alpha value is -0.990. The number of aliphatic hydroxyl groups excluding tert-OH is 2. The van der Waals surface area contributed by atoms with Crippen molar-refractivity contribution in [3.63, 3.8) is 0 Å². The number of hydrogen-bond acceptors (Lipinski definition) is 7. The second kappa shape index (κ2) is 8.77. The minimum Gasteiger partial charge on any atom is -0.458 e. The van der Waals surface area contributed by atoms with Gasteiger partial charge in [0, 0.05) is 17.9 Å². The van der Waals surface area contributed by atoms with Crippen molar-refractivity contribution in [2.45, 2.75) is 121 Å². The second-order valence-electron chi connectivity index (χ2n) is 13.4. The predicted molar refractivity (Wildman–Crippen MR) is 132 cm³/mol. The van der Waals surface area contributed by atoms with Gasteiger partial charge >= 0.3 is 5.97 Å². The van der Waals surface area contributed by atoms with Crippen LogP contribution in [-0.4, -0.2) is 64.2 Å². The van der Waals surface area contributed by atoms with E-state index >= 15 is 0 Å². The maximum Gasteiger partial charge on any atom is 0.331 e. The van der Waals surface area contributed by atoms with E-state index in [0.717, 1.165) is 63.4 Å². The maximum atomic E-state index is 12.4. The van der Waals surface area contributed by atoms with Crippen LogP contribution in [0.3, 0.4) is 0 Å². The minimum absolute atomic E-state index is 0.110. The molecule has 2 aliphatic heterocycles. The molecule has 1 saturated heterocycles. The van der Waals surface area contributed by atoms with Crippen LogP contribution in [0, 0.1) is 34.5 Å². The molecule has 0 aromatic rings. The summed E-state index contributed by atoms with van der Waals surface area (Å²) in [5.74, 6) is 1.37. The van der Waals surface area contributed by atoms with E-state index in [4.69, 9.17) is 14.2 Å². The van der Waals surface area contributed by atoms with Gasteiger partial charge in [-0.05, 0) is 99.4 Å². The van der Waals surface area contributed by atoms with Gasteiger partial charge < -0.3 is 29.5 Å². The van der Waals surface area contributed by atoms with E-state index in [1.54, 1.807) is 13.0 Å². The topological polar surface area (TPSA) is 105 Å². The van der Waals surface area contributed by atoms with E-state index in [-0.39, 0.29) is 28.8 Å². The van der Waals surface area contributed by atoms with Gasteiger partial charge in [0.25, 0.3) is 0 Å². The van der Waals surface area contributed by atoms with E-state index in [1.807, 2.05) is 0 Å². The van der Waals surface area contributed by atoms with Crippen LogP contribution in [0.5, 0.6) is 0 Å². The fourth-order valence-corrected chi connectivity index (χ4v) is 9.82. The third-order valence-electron chi connectivity index (χ3n) is 12.0. The van der Waals surface area contributed by atoms with Crippen molar-refractivity contribution < 1.29 is 34.3 Å². The molecule has 4 saturated carbocycles. The molecule has 0 radical (unpaired) electrons. The van der Waals surface area contributed by atoms with Gasteiger partial charge in [-0.25, -0.2) is 4.79 Å². The van der Waals surface area contributed by atoms with Gasteiger partial charge in [-0.3, -0.25) is 0 Å². The number of ether oxygens (including phenoxy) is 3. The largest absolute Gasteiger partial charge is 0.458 e. The molecule has 0 bridgehead atoms. The molecule has 6 rings (SSSR count). The minimum atomic E-state index is -0.856. The van der Waals surface area contributed by atoms with Gasteiger partial charge in [0.15, 0.2) is 6.29 Å². The highest BCUT2D eigenvalue weighted by Crippen LogP contribution is 2.70. The fourth-order valence-electron chi connectivity index (χ4n) is 9.82. The Morgan fingerprint density at radius 1 is 1.00 bits per heavy atom. The summed E-state index contributed by atoms with van der Waals surface area (Å²) in [6, 6.07) is 0. The van der Waals surface area contributed by atoms with Crippen molar-refractivity contribution in [3.05, 3.63) is 11.6 Å². The highest BCUT2D eigenvalue weighted by molar-refractivity contribution is 5.85. The summed E-state index contributed by atoms with van der Waals surface area (Å²) < 4.78 is 17.4. The second-order valence-corrected chi connectivity index (χ2v) is 13.4. The number of carbonyl (C=O) groups is 1. The van der Waals surface area contributed by atoms with Crippen molar-refractivity contribution in [2.24, 2.45) is 34.5 Å². The Kier molecular flexibility index (Phi) is 6.16. The van der Waals surface area contributed by atoms with E-state index in [2.05, 4.69) is 13.8 Å². The zero-order valence-electron chi connectivity index (χ0n) is 22.0. The highest BCUT2D eigenvalue weighted by atomic mass is 16.7. The molecule has 5 fully saturated rings. The van der Waals surface area contributed by atoms with Crippen molar-refractivity contribution in [1.82, 2.24) is 0 Å². The quantitative estimate of drug-likeness (QED) is 0.399. The maximum absolute atomic E-state index is 12.4. The average molecular weight is 505 g/mol. The molecule has 0 amide bonds. The van der Waals surface area contributed by atoms with Gasteiger partial charge in [0.2, 0.25) is 0 Å². The SMILES string of the molecule is C[C@H]1O[C@@H](O[C@H]2CC[C@@]3(C)[C@@H](CC[C@@H]4[C@@H]3CC[C@]3(C)[C@@H](C5=CC(=O)OC5)CC[C@]43O)C2)C[C@H](O)[C@@H]1O. The van der Waals surface area contributed by atoms with Crippen LogP contribution in [0.25, 0.3) is 0 Å². The summed E-state index contributed by atoms with van der Waals surface area (Å²) in [5, 5.41) is 32.5. The lowest BCUT2D eigenvalue weighted by Gasteiger charge is -2.63. The molecular weight excluding hydrogens is 460 g/mol. The molecule has 7 nitrogen and oxygen atoms in total. The van der Waals surface area contributed by atoms with Gasteiger partial charge in [0.05, 0.1) is 23.9 Å². The van der Waals surface area contributed by atoms with Crippen LogP contribution < -0.4 is 0 Å². The lowest BCUT2D eigenvalue weighted by molar-refractivity contribution is -0.270. The monoisotopic (exact) mass is 504 g/mol. The molecule has 6 aliphatic rings. The normalized spacial score (nSPS) is 54.8. The Morgan fingerprint density at radius 3 is 2.53 bits per heavy atom. The summed E-state index contributed by atoms with van der Waals surface area (Å²) in [7, 11) is 0. The lowest BCUT2D eigenvalue weighted by atomic mass is 9.43. The summed E-state index contributed by atoms with van der Waals surface area (Å²) >= 11 is 0. The zero-order chi connectivity index (χ0) is 25.5. The number of fused-ring (bicyclic) bond motifs is 5. The van der Waals surface area contributed by atoms with Crippen LogP contribution in [0.2, 0.25) is 0 Å². The molecule has 0 aromatic carbocycles.